The minimum atomic E-state index is -1.19. The molecule has 0 aromatic heterocycles. The molecular formula is C17H18BrNO2. The second kappa shape index (κ2) is 5.90. The lowest BCUT2D eigenvalue weighted by Crippen LogP contribution is -2.41. The fraction of sp³-hybridized carbons (Fsp3) is 0.235. The van der Waals surface area contributed by atoms with Crippen LogP contribution in [0, 0.1) is 13.8 Å². The van der Waals surface area contributed by atoms with Gasteiger partial charge >= 0.3 is 5.97 Å². The number of para-hydroxylation sites is 1. The topological polar surface area (TPSA) is 49.3 Å². The van der Waals surface area contributed by atoms with Crippen LogP contribution in [0.5, 0.6) is 0 Å². The molecule has 21 heavy (non-hydrogen) atoms. The van der Waals surface area contributed by atoms with Crippen molar-refractivity contribution in [3.05, 3.63) is 63.6 Å². The van der Waals surface area contributed by atoms with E-state index in [1.165, 1.54) is 0 Å². The largest absolute Gasteiger partial charge is 0.479 e. The van der Waals surface area contributed by atoms with Crippen LogP contribution < -0.4 is 5.32 Å². The number of aliphatic carboxylic acids is 1. The number of carbonyl (C=O) groups is 1. The van der Waals surface area contributed by atoms with Crippen LogP contribution in [0.25, 0.3) is 0 Å². The first-order valence-electron chi connectivity index (χ1n) is 6.68. The van der Waals surface area contributed by atoms with Gasteiger partial charge in [-0.3, -0.25) is 0 Å². The van der Waals surface area contributed by atoms with Crippen LogP contribution in [0.4, 0.5) is 5.69 Å². The summed E-state index contributed by atoms with van der Waals surface area (Å²) in [5.74, 6) is -0.910. The summed E-state index contributed by atoms with van der Waals surface area (Å²) in [5.41, 5.74) is 2.32. The van der Waals surface area contributed by atoms with E-state index in [-0.39, 0.29) is 0 Å². The third-order valence-electron chi connectivity index (χ3n) is 3.62. The van der Waals surface area contributed by atoms with Crippen LogP contribution in [0.1, 0.15) is 23.6 Å². The van der Waals surface area contributed by atoms with E-state index in [2.05, 4.69) is 21.2 Å². The maximum atomic E-state index is 11.9. The van der Waals surface area contributed by atoms with Gasteiger partial charge in [0.05, 0.1) is 0 Å². The highest BCUT2D eigenvalue weighted by Crippen LogP contribution is 2.32. The van der Waals surface area contributed by atoms with Crippen molar-refractivity contribution >= 4 is 27.6 Å². The smallest absolute Gasteiger partial charge is 0.333 e. The molecule has 2 rings (SSSR count). The van der Waals surface area contributed by atoms with Crippen LogP contribution in [0.3, 0.4) is 0 Å². The Morgan fingerprint density at radius 1 is 1.19 bits per heavy atom. The summed E-state index contributed by atoms with van der Waals surface area (Å²) in [7, 11) is 0. The molecule has 3 nitrogen and oxygen atoms in total. The first-order chi connectivity index (χ1) is 9.84. The highest BCUT2D eigenvalue weighted by Gasteiger charge is 2.36. The molecule has 0 aliphatic carbocycles. The van der Waals surface area contributed by atoms with E-state index >= 15 is 0 Å². The van der Waals surface area contributed by atoms with Gasteiger partial charge in [0, 0.05) is 10.2 Å². The highest BCUT2D eigenvalue weighted by molar-refractivity contribution is 9.10. The van der Waals surface area contributed by atoms with Gasteiger partial charge in [0.15, 0.2) is 5.54 Å². The van der Waals surface area contributed by atoms with Gasteiger partial charge in [-0.05, 0) is 60.0 Å². The lowest BCUT2D eigenvalue weighted by Gasteiger charge is -2.30. The second-order valence-electron chi connectivity index (χ2n) is 5.35. The van der Waals surface area contributed by atoms with E-state index in [1.54, 1.807) is 6.92 Å². The van der Waals surface area contributed by atoms with Crippen LogP contribution in [-0.2, 0) is 10.3 Å². The first-order valence-corrected chi connectivity index (χ1v) is 7.48. The van der Waals surface area contributed by atoms with Crippen molar-refractivity contribution in [1.29, 1.82) is 0 Å². The minimum Gasteiger partial charge on any atom is -0.479 e. The normalized spacial score (nSPS) is 13.5. The number of hydrogen-bond acceptors (Lipinski definition) is 2. The van der Waals surface area contributed by atoms with Crippen molar-refractivity contribution in [1.82, 2.24) is 0 Å². The standard InChI is InChI=1S/C17H18BrNO2/c1-11-8-9-12(2)13(10-11)17(3,16(20)21)19-15-7-5-4-6-14(15)18/h4-10,19H,1-3H3,(H,20,21). The molecule has 0 amide bonds. The molecule has 0 heterocycles. The van der Waals surface area contributed by atoms with E-state index in [9.17, 15) is 9.90 Å². The number of halogens is 1. The molecule has 0 aliphatic rings. The molecule has 0 aliphatic heterocycles. The van der Waals surface area contributed by atoms with Crippen molar-refractivity contribution in [3.8, 4) is 0 Å². The Hall–Kier alpha value is -1.81. The Bertz CT molecular complexity index is 684. The van der Waals surface area contributed by atoms with E-state index in [1.807, 2.05) is 56.3 Å². The van der Waals surface area contributed by atoms with E-state index in [0.717, 1.165) is 26.9 Å². The molecule has 0 spiro atoms. The molecule has 1 unspecified atom stereocenters. The molecule has 0 bridgehead atoms. The monoisotopic (exact) mass is 347 g/mol. The number of hydrogen-bond donors (Lipinski definition) is 2. The van der Waals surface area contributed by atoms with Crippen molar-refractivity contribution in [2.75, 3.05) is 5.32 Å². The summed E-state index contributed by atoms with van der Waals surface area (Å²) in [6.45, 7) is 5.58. The first kappa shape index (κ1) is 15.6. The van der Waals surface area contributed by atoms with Crippen molar-refractivity contribution in [3.63, 3.8) is 0 Å². The third-order valence-corrected chi connectivity index (χ3v) is 4.31. The van der Waals surface area contributed by atoms with Crippen molar-refractivity contribution in [2.45, 2.75) is 26.3 Å². The molecule has 2 aromatic carbocycles. The average molecular weight is 348 g/mol. The van der Waals surface area contributed by atoms with Crippen LogP contribution in [0.2, 0.25) is 0 Å². The maximum absolute atomic E-state index is 11.9. The Labute approximate surface area is 133 Å². The number of rotatable bonds is 4. The summed E-state index contributed by atoms with van der Waals surface area (Å²) in [4.78, 5) is 11.9. The summed E-state index contributed by atoms with van der Waals surface area (Å²) in [6.07, 6.45) is 0. The lowest BCUT2D eigenvalue weighted by molar-refractivity contribution is -0.142. The molecule has 0 saturated carbocycles. The summed E-state index contributed by atoms with van der Waals surface area (Å²) >= 11 is 3.45. The van der Waals surface area contributed by atoms with Gasteiger partial charge < -0.3 is 10.4 Å². The number of carboxylic acid groups (broad SMARTS) is 1. The molecular weight excluding hydrogens is 330 g/mol. The molecule has 0 radical (unpaired) electrons. The summed E-state index contributed by atoms with van der Waals surface area (Å²) in [6, 6.07) is 13.4. The molecule has 1 atom stereocenters. The van der Waals surface area contributed by atoms with Gasteiger partial charge in [-0.15, -0.1) is 0 Å². The van der Waals surface area contributed by atoms with Gasteiger partial charge in [0.1, 0.15) is 0 Å². The summed E-state index contributed by atoms with van der Waals surface area (Å²) < 4.78 is 0.836. The molecule has 0 fully saturated rings. The molecule has 0 saturated heterocycles. The van der Waals surface area contributed by atoms with E-state index in [4.69, 9.17) is 0 Å². The van der Waals surface area contributed by atoms with Crippen LogP contribution in [-0.4, -0.2) is 11.1 Å². The fourth-order valence-electron chi connectivity index (χ4n) is 2.34. The van der Waals surface area contributed by atoms with Gasteiger partial charge in [-0.2, -0.15) is 0 Å². The highest BCUT2D eigenvalue weighted by atomic mass is 79.9. The van der Waals surface area contributed by atoms with Gasteiger partial charge in [0.2, 0.25) is 0 Å². The molecule has 4 heteroatoms. The van der Waals surface area contributed by atoms with Crippen molar-refractivity contribution < 1.29 is 9.90 Å². The zero-order valence-corrected chi connectivity index (χ0v) is 13.9. The third kappa shape index (κ3) is 3.10. The van der Waals surface area contributed by atoms with Crippen molar-refractivity contribution in [2.24, 2.45) is 0 Å². The number of anilines is 1. The fourth-order valence-corrected chi connectivity index (χ4v) is 2.73. The Kier molecular flexibility index (Phi) is 4.37. The van der Waals surface area contributed by atoms with Crippen LogP contribution in [0.15, 0.2) is 46.9 Å². The zero-order chi connectivity index (χ0) is 15.6. The Balaban J connectivity index is 2.53. The number of carboxylic acids is 1. The molecule has 2 aromatic rings. The predicted molar refractivity (Wildman–Crippen MR) is 88.7 cm³/mol. The van der Waals surface area contributed by atoms with E-state index < -0.39 is 11.5 Å². The van der Waals surface area contributed by atoms with E-state index in [0.29, 0.717) is 0 Å². The zero-order valence-electron chi connectivity index (χ0n) is 12.3. The van der Waals surface area contributed by atoms with Crippen LogP contribution >= 0.6 is 15.9 Å². The average Bonchev–Trinajstić information content (AvgIpc) is 2.43. The lowest BCUT2D eigenvalue weighted by atomic mass is 9.87. The summed E-state index contributed by atoms with van der Waals surface area (Å²) in [5, 5.41) is 12.9. The predicted octanol–water partition coefficient (Wildman–Crippen LogP) is 4.48. The Morgan fingerprint density at radius 3 is 2.48 bits per heavy atom. The minimum absolute atomic E-state index is 0.753. The Morgan fingerprint density at radius 2 is 1.86 bits per heavy atom. The number of nitrogens with one attached hydrogen (secondary N) is 1. The second-order valence-corrected chi connectivity index (χ2v) is 6.21. The maximum Gasteiger partial charge on any atom is 0.333 e. The van der Waals surface area contributed by atoms with Gasteiger partial charge in [-0.25, -0.2) is 4.79 Å². The van der Waals surface area contributed by atoms with Gasteiger partial charge in [0.25, 0.3) is 0 Å². The number of aryl methyl sites for hydroxylation is 2. The molecule has 110 valence electrons. The quantitative estimate of drug-likeness (QED) is 0.857. The number of benzene rings is 2. The van der Waals surface area contributed by atoms with Gasteiger partial charge in [-0.1, -0.05) is 35.9 Å². The molecule has 2 N–H and O–H groups in total. The SMILES string of the molecule is Cc1ccc(C)c(C(C)(Nc2ccccc2Br)C(=O)O)c1.